The van der Waals surface area contributed by atoms with E-state index in [-0.39, 0.29) is 0 Å². The van der Waals surface area contributed by atoms with Crippen LogP contribution < -0.4 is 10.1 Å². The number of nitrogens with one attached hydrogen (secondary N) is 1. The first-order chi connectivity index (χ1) is 19.7. The lowest BCUT2D eigenvalue weighted by Gasteiger charge is -2.16. The lowest BCUT2D eigenvalue weighted by molar-refractivity contribution is -0.145. The number of aromatic nitrogens is 2. The molecule has 2 N–H and O–H groups in total. The molecule has 0 aliphatic carbocycles. The smallest absolute Gasteiger partial charge is 0.349 e. The van der Waals surface area contributed by atoms with Crippen molar-refractivity contribution in [1.29, 1.82) is 0 Å². The van der Waals surface area contributed by atoms with E-state index in [1.165, 1.54) is 5.56 Å². The summed E-state index contributed by atoms with van der Waals surface area (Å²) in [4.78, 5) is 16.7. The largest absolute Gasteiger partial charge is 0.478 e. The van der Waals surface area contributed by atoms with Gasteiger partial charge in [-0.2, -0.15) is 0 Å². The van der Waals surface area contributed by atoms with Gasteiger partial charge in [0, 0.05) is 23.9 Å². The van der Waals surface area contributed by atoms with Crippen molar-refractivity contribution in [2.24, 2.45) is 0 Å². The molecule has 0 amide bonds. The van der Waals surface area contributed by atoms with Gasteiger partial charge in [0.05, 0.1) is 0 Å². The number of anilines is 1. The Morgan fingerprint density at radius 2 is 1.35 bits per heavy atom. The van der Waals surface area contributed by atoms with Crippen LogP contribution in [0, 0.1) is 0 Å². The van der Waals surface area contributed by atoms with Gasteiger partial charge >= 0.3 is 5.97 Å². The lowest BCUT2D eigenvalue weighted by Crippen LogP contribution is -2.18. The molecule has 1 atom stereocenters. The number of imidazole rings is 1. The van der Waals surface area contributed by atoms with Gasteiger partial charge in [0.15, 0.2) is 0 Å². The second-order valence-corrected chi connectivity index (χ2v) is 9.43. The monoisotopic (exact) mass is 525 g/mol. The van der Waals surface area contributed by atoms with E-state index in [0.717, 1.165) is 33.8 Å². The predicted octanol–water partition coefficient (Wildman–Crippen LogP) is 7.49. The minimum atomic E-state index is -1.07. The molecule has 4 aromatic carbocycles. The van der Waals surface area contributed by atoms with Crippen LogP contribution in [0.25, 0.3) is 28.0 Å². The zero-order valence-corrected chi connectivity index (χ0v) is 21.6. The summed E-state index contributed by atoms with van der Waals surface area (Å²) in [5, 5.41) is 13.2. The molecule has 0 saturated carbocycles. The van der Waals surface area contributed by atoms with Crippen LogP contribution in [0.1, 0.15) is 17.2 Å². The highest BCUT2D eigenvalue weighted by Crippen LogP contribution is 2.32. The summed E-state index contributed by atoms with van der Waals surface area (Å²) in [6.45, 7) is 0.691. The topological polar surface area (TPSA) is 75.9 Å². The summed E-state index contributed by atoms with van der Waals surface area (Å²) in [6.07, 6.45) is 0.950. The molecule has 0 aliphatic rings. The molecular weight excluding hydrogens is 498 g/mol. The Morgan fingerprint density at radius 1 is 0.750 bits per heavy atom. The molecule has 1 unspecified atom stereocenters. The third kappa shape index (κ3) is 5.28. The number of carboxylic acids is 1. The van der Waals surface area contributed by atoms with Gasteiger partial charge in [-0.3, -0.25) is 4.40 Å². The van der Waals surface area contributed by atoms with Gasteiger partial charge in [-0.15, -0.1) is 0 Å². The number of ether oxygens (including phenoxy) is 1. The lowest BCUT2D eigenvalue weighted by atomic mass is 10.0. The van der Waals surface area contributed by atoms with Crippen molar-refractivity contribution in [1.82, 2.24) is 9.38 Å². The molecule has 6 nitrogen and oxygen atoms in total. The minimum absolute atomic E-state index is 0.496. The highest BCUT2D eigenvalue weighted by atomic mass is 16.5. The Bertz CT molecular complexity index is 1730. The summed E-state index contributed by atoms with van der Waals surface area (Å²) in [7, 11) is 0. The van der Waals surface area contributed by atoms with Crippen molar-refractivity contribution in [2.75, 3.05) is 5.32 Å². The summed E-state index contributed by atoms with van der Waals surface area (Å²) in [5.41, 5.74) is 6.61. The molecule has 0 spiro atoms. The van der Waals surface area contributed by atoms with Crippen LogP contribution in [0.15, 0.2) is 134 Å². The van der Waals surface area contributed by atoms with E-state index >= 15 is 0 Å². The second-order valence-electron chi connectivity index (χ2n) is 9.43. The van der Waals surface area contributed by atoms with Crippen molar-refractivity contribution in [3.8, 4) is 28.1 Å². The molecule has 0 radical (unpaired) electrons. The van der Waals surface area contributed by atoms with E-state index in [1.54, 1.807) is 36.4 Å². The number of carbonyl (C=O) groups is 1. The van der Waals surface area contributed by atoms with Crippen LogP contribution in [0.3, 0.4) is 0 Å². The van der Waals surface area contributed by atoms with Crippen LogP contribution in [0.4, 0.5) is 5.82 Å². The Morgan fingerprint density at radius 3 is 2.02 bits per heavy atom. The molecule has 196 valence electrons. The quantitative estimate of drug-likeness (QED) is 0.205. The van der Waals surface area contributed by atoms with Crippen molar-refractivity contribution in [3.63, 3.8) is 0 Å². The zero-order chi connectivity index (χ0) is 27.3. The van der Waals surface area contributed by atoms with Gasteiger partial charge in [-0.05, 0) is 41.0 Å². The van der Waals surface area contributed by atoms with Crippen LogP contribution in [-0.4, -0.2) is 20.5 Å². The minimum Gasteiger partial charge on any atom is -0.478 e. The highest BCUT2D eigenvalue weighted by molar-refractivity contribution is 5.78. The normalized spacial score (nSPS) is 11.7. The molecule has 40 heavy (non-hydrogen) atoms. The van der Waals surface area contributed by atoms with Crippen LogP contribution in [0.5, 0.6) is 5.75 Å². The van der Waals surface area contributed by atoms with Crippen molar-refractivity contribution in [2.45, 2.75) is 12.6 Å². The Balaban J connectivity index is 1.23. The Labute approximate surface area is 232 Å². The number of nitrogens with zero attached hydrogens (tertiary/aromatic N) is 2. The number of pyridine rings is 1. The van der Waals surface area contributed by atoms with Crippen molar-refractivity contribution < 1.29 is 14.6 Å². The summed E-state index contributed by atoms with van der Waals surface area (Å²) in [5.74, 6) is 0.408. The number of benzene rings is 4. The second kappa shape index (κ2) is 11.2. The molecule has 2 aromatic heterocycles. The Kier molecular flexibility index (Phi) is 6.97. The number of hydrogen-bond donors (Lipinski definition) is 2. The summed E-state index contributed by atoms with van der Waals surface area (Å²) in [6, 6.07) is 41.0. The maximum absolute atomic E-state index is 11.8. The van der Waals surface area contributed by atoms with Gasteiger partial charge in [0.25, 0.3) is 0 Å². The molecule has 2 heterocycles. The zero-order valence-electron chi connectivity index (χ0n) is 21.6. The fraction of sp³-hybridized carbons (Fsp3) is 0.0588. The van der Waals surface area contributed by atoms with Gasteiger partial charge < -0.3 is 15.2 Å². The fourth-order valence-corrected chi connectivity index (χ4v) is 4.72. The first-order valence-corrected chi connectivity index (χ1v) is 13.1. The van der Waals surface area contributed by atoms with Crippen LogP contribution in [-0.2, 0) is 11.3 Å². The third-order valence-corrected chi connectivity index (χ3v) is 6.76. The van der Waals surface area contributed by atoms with E-state index < -0.39 is 12.1 Å². The SMILES string of the molecule is O=C(O)C(Oc1ccc(-c2ccc(-c3nc4ccccn4c3NCc3ccccc3)cc2)cc1)c1ccccc1. The van der Waals surface area contributed by atoms with Crippen molar-refractivity contribution in [3.05, 3.63) is 145 Å². The first kappa shape index (κ1) is 24.9. The standard InChI is InChI=1S/C34H27N3O3/c38-34(39)32(28-11-5-2-6-12-28)40-29-20-18-26(19-21-29)25-14-16-27(17-15-25)31-33(35-23-24-9-3-1-4-10-24)37-22-8-7-13-30(37)36-31/h1-22,32,35H,23H2,(H,38,39). The number of aliphatic carboxylic acids is 1. The fourth-order valence-electron chi connectivity index (χ4n) is 4.72. The molecule has 6 heteroatoms. The molecule has 0 saturated heterocycles. The highest BCUT2D eigenvalue weighted by Gasteiger charge is 2.21. The number of carboxylic acid groups (broad SMARTS) is 1. The average molecular weight is 526 g/mol. The molecule has 0 fully saturated rings. The number of rotatable bonds is 9. The van der Waals surface area contributed by atoms with Gasteiger partial charge in [-0.25, -0.2) is 9.78 Å². The van der Waals surface area contributed by atoms with E-state index in [4.69, 9.17) is 9.72 Å². The van der Waals surface area contributed by atoms with Gasteiger partial charge in [0.2, 0.25) is 6.10 Å². The van der Waals surface area contributed by atoms with Gasteiger partial charge in [0.1, 0.15) is 22.9 Å². The molecule has 6 rings (SSSR count). The third-order valence-electron chi connectivity index (χ3n) is 6.76. The van der Waals surface area contributed by atoms with Gasteiger partial charge in [-0.1, -0.05) is 103 Å². The van der Waals surface area contributed by atoms with E-state index in [2.05, 4.69) is 46.1 Å². The summed E-state index contributed by atoms with van der Waals surface area (Å²) < 4.78 is 7.88. The van der Waals surface area contributed by atoms with E-state index in [9.17, 15) is 9.90 Å². The Hall–Kier alpha value is -5.36. The molecule has 0 bridgehead atoms. The average Bonchev–Trinajstić information content (AvgIpc) is 3.38. The maximum atomic E-state index is 11.8. The van der Waals surface area contributed by atoms with Crippen molar-refractivity contribution >= 4 is 17.4 Å². The van der Waals surface area contributed by atoms with Crippen LogP contribution in [0.2, 0.25) is 0 Å². The van der Waals surface area contributed by atoms with E-state index in [1.807, 2.05) is 60.8 Å². The van der Waals surface area contributed by atoms with E-state index in [0.29, 0.717) is 17.9 Å². The predicted molar refractivity (Wildman–Crippen MR) is 157 cm³/mol. The molecule has 6 aromatic rings. The maximum Gasteiger partial charge on any atom is 0.349 e. The summed E-state index contributed by atoms with van der Waals surface area (Å²) >= 11 is 0. The number of fused-ring (bicyclic) bond motifs is 1. The first-order valence-electron chi connectivity index (χ1n) is 13.1. The number of hydrogen-bond acceptors (Lipinski definition) is 4. The molecule has 0 aliphatic heterocycles. The van der Waals surface area contributed by atoms with Crippen LogP contribution >= 0.6 is 0 Å². The molecular formula is C34H27N3O3.